The van der Waals surface area contributed by atoms with Gasteiger partial charge >= 0.3 is 12.5 Å². The number of amides is 1. The maximum absolute atomic E-state index is 12.3. The van der Waals surface area contributed by atoms with Crippen molar-refractivity contribution in [3.8, 4) is 5.75 Å². The molecule has 0 aliphatic heterocycles. The van der Waals surface area contributed by atoms with Gasteiger partial charge < -0.3 is 19.9 Å². The molecule has 0 fully saturated rings. The highest BCUT2D eigenvalue weighted by Crippen LogP contribution is 2.24. The van der Waals surface area contributed by atoms with Crippen LogP contribution in [0.3, 0.4) is 0 Å². The maximum atomic E-state index is 12.3. The van der Waals surface area contributed by atoms with Crippen LogP contribution >= 0.6 is 0 Å². The molecule has 0 spiro atoms. The normalized spacial score (nSPS) is 12.3. The molecular formula is C19H20F3NO4. The first-order valence-electron chi connectivity index (χ1n) is 8.26. The Labute approximate surface area is 154 Å². The zero-order valence-electron chi connectivity index (χ0n) is 14.4. The van der Waals surface area contributed by atoms with Crippen LogP contribution < -0.4 is 10.1 Å². The van der Waals surface area contributed by atoms with Gasteiger partial charge in [0.25, 0.3) is 0 Å². The van der Waals surface area contributed by atoms with Gasteiger partial charge in [-0.05, 0) is 29.7 Å². The summed E-state index contributed by atoms with van der Waals surface area (Å²) >= 11 is 0. The molecule has 1 amide bonds. The lowest BCUT2D eigenvalue weighted by atomic mass is 10.00. The molecule has 0 saturated heterocycles. The number of aliphatic hydroxyl groups is 1. The Hall–Kier alpha value is -2.74. The number of carbonyl (C=O) groups is 1. The van der Waals surface area contributed by atoms with Crippen LogP contribution in [0.25, 0.3) is 0 Å². The number of benzene rings is 2. The second-order valence-corrected chi connectivity index (χ2v) is 5.89. The van der Waals surface area contributed by atoms with E-state index in [9.17, 15) is 23.1 Å². The molecule has 2 aromatic rings. The minimum Gasteiger partial charge on any atom is -0.445 e. The second-order valence-electron chi connectivity index (χ2n) is 5.89. The molecule has 0 aromatic heterocycles. The van der Waals surface area contributed by atoms with E-state index in [1.807, 2.05) is 30.3 Å². The van der Waals surface area contributed by atoms with Crippen LogP contribution in [-0.2, 0) is 17.8 Å². The Morgan fingerprint density at radius 3 is 2.44 bits per heavy atom. The predicted molar refractivity (Wildman–Crippen MR) is 92.0 cm³/mol. The number of alkyl carbamates (subject to hydrolysis) is 1. The summed E-state index contributed by atoms with van der Waals surface area (Å²) in [6, 6.07) is 14.7. The third-order valence-electron chi connectivity index (χ3n) is 3.66. The standard InChI is InChI=1S/C19H20F3NO4/c20-19(21,22)27-17-8-4-7-15(10-17)9-16(12-24)11-23-18(25)26-13-14-5-2-1-3-6-14/h1-8,10,16,24H,9,11-13H2,(H,23,25). The fourth-order valence-electron chi connectivity index (χ4n) is 2.41. The summed E-state index contributed by atoms with van der Waals surface area (Å²) in [5.41, 5.74) is 1.39. The molecule has 2 N–H and O–H groups in total. The van der Waals surface area contributed by atoms with Gasteiger partial charge in [0.2, 0.25) is 0 Å². The summed E-state index contributed by atoms with van der Waals surface area (Å²) in [5, 5.41) is 12.0. The smallest absolute Gasteiger partial charge is 0.445 e. The summed E-state index contributed by atoms with van der Waals surface area (Å²) in [6.07, 6.45) is -5.13. The lowest BCUT2D eigenvalue weighted by Crippen LogP contribution is -2.32. The molecule has 1 atom stereocenters. The quantitative estimate of drug-likeness (QED) is 0.730. The van der Waals surface area contributed by atoms with E-state index < -0.39 is 12.5 Å². The van der Waals surface area contributed by atoms with Crippen molar-refractivity contribution in [1.82, 2.24) is 5.32 Å². The molecule has 146 valence electrons. The minimum absolute atomic E-state index is 0.118. The van der Waals surface area contributed by atoms with Crippen LogP contribution in [0.15, 0.2) is 54.6 Å². The fraction of sp³-hybridized carbons (Fsp3) is 0.316. The van der Waals surface area contributed by atoms with Crippen molar-refractivity contribution in [3.63, 3.8) is 0 Å². The lowest BCUT2D eigenvalue weighted by molar-refractivity contribution is -0.274. The van der Waals surface area contributed by atoms with Gasteiger partial charge in [0.15, 0.2) is 0 Å². The van der Waals surface area contributed by atoms with Gasteiger partial charge in [-0.1, -0.05) is 42.5 Å². The van der Waals surface area contributed by atoms with Crippen LogP contribution in [0.5, 0.6) is 5.75 Å². The highest BCUT2D eigenvalue weighted by atomic mass is 19.4. The number of nitrogens with one attached hydrogen (secondary N) is 1. The third kappa shape index (κ3) is 8.00. The monoisotopic (exact) mass is 383 g/mol. The van der Waals surface area contributed by atoms with Crippen LogP contribution in [0.2, 0.25) is 0 Å². The van der Waals surface area contributed by atoms with E-state index in [4.69, 9.17) is 4.74 Å². The van der Waals surface area contributed by atoms with Crippen molar-refractivity contribution in [2.75, 3.05) is 13.2 Å². The fourth-order valence-corrected chi connectivity index (χ4v) is 2.41. The number of hydrogen-bond acceptors (Lipinski definition) is 4. The van der Waals surface area contributed by atoms with Crippen LogP contribution in [0.4, 0.5) is 18.0 Å². The Morgan fingerprint density at radius 1 is 1.07 bits per heavy atom. The van der Waals surface area contributed by atoms with Gasteiger partial charge in [-0.3, -0.25) is 0 Å². The molecule has 0 radical (unpaired) electrons. The van der Waals surface area contributed by atoms with Gasteiger partial charge in [-0.15, -0.1) is 13.2 Å². The molecule has 0 heterocycles. The van der Waals surface area contributed by atoms with Crippen molar-refractivity contribution in [2.24, 2.45) is 5.92 Å². The van der Waals surface area contributed by atoms with Crippen molar-refractivity contribution in [2.45, 2.75) is 19.4 Å². The summed E-state index contributed by atoms with van der Waals surface area (Å²) < 4.78 is 45.8. The van der Waals surface area contributed by atoms with Crippen molar-refractivity contribution in [3.05, 3.63) is 65.7 Å². The van der Waals surface area contributed by atoms with E-state index in [1.165, 1.54) is 18.2 Å². The number of hydrogen-bond donors (Lipinski definition) is 2. The Bertz CT molecular complexity index is 722. The molecule has 0 aliphatic carbocycles. The molecule has 27 heavy (non-hydrogen) atoms. The number of ether oxygens (including phenoxy) is 2. The van der Waals surface area contributed by atoms with E-state index in [1.54, 1.807) is 6.07 Å². The first kappa shape index (κ1) is 20.6. The Balaban J connectivity index is 1.81. The molecule has 0 bridgehead atoms. The highest BCUT2D eigenvalue weighted by Gasteiger charge is 2.31. The first-order chi connectivity index (χ1) is 12.9. The van der Waals surface area contributed by atoms with Crippen LogP contribution in [-0.4, -0.2) is 30.7 Å². The summed E-state index contributed by atoms with van der Waals surface area (Å²) in [7, 11) is 0. The van der Waals surface area contributed by atoms with Gasteiger partial charge in [0.05, 0.1) is 0 Å². The average Bonchev–Trinajstić information content (AvgIpc) is 2.63. The summed E-state index contributed by atoms with van der Waals surface area (Å²) in [5.74, 6) is -0.706. The summed E-state index contributed by atoms with van der Waals surface area (Å²) in [4.78, 5) is 11.7. The molecule has 0 saturated carbocycles. The summed E-state index contributed by atoms with van der Waals surface area (Å²) in [6.45, 7) is -0.00884. The molecule has 2 aromatic carbocycles. The molecule has 1 unspecified atom stereocenters. The Kier molecular flexibility index (Phi) is 7.48. The van der Waals surface area contributed by atoms with Gasteiger partial charge in [-0.2, -0.15) is 0 Å². The van der Waals surface area contributed by atoms with Gasteiger partial charge in [0.1, 0.15) is 12.4 Å². The van der Waals surface area contributed by atoms with Gasteiger partial charge in [-0.25, -0.2) is 4.79 Å². The number of aliphatic hydroxyl groups excluding tert-OH is 1. The minimum atomic E-state index is -4.76. The van der Waals surface area contributed by atoms with E-state index in [-0.39, 0.29) is 37.8 Å². The van der Waals surface area contributed by atoms with E-state index in [2.05, 4.69) is 10.1 Å². The largest absolute Gasteiger partial charge is 0.573 e. The van der Waals surface area contributed by atoms with Crippen LogP contribution in [0.1, 0.15) is 11.1 Å². The molecule has 0 aliphatic rings. The van der Waals surface area contributed by atoms with Crippen LogP contribution in [0, 0.1) is 5.92 Å². The maximum Gasteiger partial charge on any atom is 0.573 e. The third-order valence-corrected chi connectivity index (χ3v) is 3.66. The topological polar surface area (TPSA) is 67.8 Å². The number of carbonyl (C=O) groups excluding carboxylic acids is 1. The highest BCUT2D eigenvalue weighted by molar-refractivity contribution is 5.67. The number of halogens is 3. The van der Waals surface area contributed by atoms with Crippen molar-refractivity contribution in [1.29, 1.82) is 0 Å². The zero-order valence-corrected chi connectivity index (χ0v) is 14.4. The predicted octanol–water partition coefficient (Wildman–Crippen LogP) is 3.66. The van der Waals surface area contributed by atoms with Crippen molar-refractivity contribution >= 4 is 6.09 Å². The van der Waals surface area contributed by atoms with E-state index in [0.29, 0.717) is 5.56 Å². The lowest BCUT2D eigenvalue weighted by Gasteiger charge is -2.16. The first-order valence-corrected chi connectivity index (χ1v) is 8.26. The molecule has 2 rings (SSSR count). The second kappa shape index (κ2) is 9.82. The molecule has 8 heteroatoms. The van der Waals surface area contributed by atoms with E-state index >= 15 is 0 Å². The number of rotatable bonds is 8. The SMILES string of the molecule is O=C(NCC(CO)Cc1cccc(OC(F)(F)F)c1)OCc1ccccc1. The van der Waals surface area contributed by atoms with Gasteiger partial charge in [0, 0.05) is 19.1 Å². The Morgan fingerprint density at radius 2 is 1.78 bits per heavy atom. The van der Waals surface area contributed by atoms with Crippen molar-refractivity contribution < 1.29 is 32.5 Å². The molecule has 5 nitrogen and oxygen atoms in total. The number of alkyl halides is 3. The zero-order chi connectivity index (χ0) is 19.7. The molecular weight excluding hydrogens is 363 g/mol. The van der Waals surface area contributed by atoms with E-state index in [0.717, 1.165) is 5.56 Å². The average molecular weight is 383 g/mol.